The fourth-order valence-corrected chi connectivity index (χ4v) is 2.11. The van der Waals surface area contributed by atoms with E-state index in [0.29, 0.717) is 6.54 Å². The largest absolute Gasteiger partial charge is 0.394 e. The zero-order valence-electron chi connectivity index (χ0n) is 15.0. The molecular formula is C17H22N4O7. The number of esters is 1. The van der Waals surface area contributed by atoms with Crippen LogP contribution in [0.3, 0.4) is 0 Å². The summed E-state index contributed by atoms with van der Waals surface area (Å²) >= 11 is 0. The summed E-state index contributed by atoms with van der Waals surface area (Å²) in [6, 6.07) is 7.32. The first-order chi connectivity index (χ1) is 13.3. The molecule has 1 aromatic carbocycles. The molecular weight excluding hydrogens is 372 g/mol. The van der Waals surface area contributed by atoms with E-state index in [1.54, 1.807) is 0 Å². The van der Waals surface area contributed by atoms with E-state index >= 15 is 0 Å². The van der Waals surface area contributed by atoms with Crippen molar-refractivity contribution in [3.8, 4) is 6.01 Å². The van der Waals surface area contributed by atoms with Crippen molar-refractivity contribution in [1.82, 2.24) is 15.0 Å². The van der Waals surface area contributed by atoms with Crippen molar-refractivity contribution in [2.75, 3.05) is 11.9 Å². The molecule has 0 radical (unpaired) electrons. The number of aromatic nitrogens is 3. The Labute approximate surface area is 160 Å². The van der Waals surface area contributed by atoms with Gasteiger partial charge in [-0.1, -0.05) is 29.8 Å². The highest BCUT2D eigenvalue weighted by atomic mass is 16.6. The molecule has 28 heavy (non-hydrogen) atoms. The van der Waals surface area contributed by atoms with Crippen LogP contribution in [0.25, 0.3) is 0 Å². The first-order valence-electron chi connectivity index (χ1n) is 8.35. The Kier molecular flexibility index (Phi) is 7.72. The number of aliphatic hydroxyl groups excluding tert-OH is 5. The average molecular weight is 394 g/mol. The summed E-state index contributed by atoms with van der Waals surface area (Å²) in [5, 5.41) is 49.9. The first kappa shape index (κ1) is 21.6. The minimum Gasteiger partial charge on any atom is -0.394 e. The number of aryl methyl sites for hydroxylation is 1. The van der Waals surface area contributed by atoms with Gasteiger partial charge in [-0.25, -0.2) is 9.78 Å². The lowest BCUT2D eigenvalue weighted by Crippen LogP contribution is -2.49. The van der Waals surface area contributed by atoms with E-state index in [4.69, 9.17) is 9.84 Å². The zero-order chi connectivity index (χ0) is 20.7. The van der Waals surface area contributed by atoms with Crippen LogP contribution < -0.4 is 10.1 Å². The van der Waals surface area contributed by atoms with Crippen LogP contribution >= 0.6 is 0 Å². The quantitative estimate of drug-likeness (QED) is 0.263. The van der Waals surface area contributed by atoms with Crippen molar-refractivity contribution in [3.63, 3.8) is 0 Å². The highest BCUT2D eigenvalue weighted by Crippen LogP contribution is 2.11. The zero-order valence-corrected chi connectivity index (χ0v) is 15.0. The van der Waals surface area contributed by atoms with E-state index in [-0.39, 0.29) is 5.95 Å². The number of anilines is 1. The Morgan fingerprint density at radius 3 is 2.43 bits per heavy atom. The average Bonchev–Trinajstić information content (AvgIpc) is 2.71. The molecule has 11 heteroatoms. The summed E-state index contributed by atoms with van der Waals surface area (Å²) in [7, 11) is 0. The van der Waals surface area contributed by atoms with Gasteiger partial charge >= 0.3 is 12.0 Å². The minimum absolute atomic E-state index is 0.115. The second kappa shape index (κ2) is 10.0. The third-order valence-electron chi connectivity index (χ3n) is 3.81. The van der Waals surface area contributed by atoms with Crippen molar-refractivity contribution < 1.29 is 35.1 Å². The van der Waals surface area contributed by atoms with E-state index in [0.717, 1.165) is 17.5 Å². The standard InChI is InChI=1S/C17H22N4O7/c1-9-2-4-10(5-3-9)6-18-16-19-8-20-17(21-16)28-15(27)14(26)13(25)12(24)11(23)7-22/h2-5,8,11-14,22-26H,6-7H2,1H3,(H,18,19,20,21). The van der Waals surface area contributed by atoms with Crippen LogP contribution in [0.2, 0.25) is 0 Å². The molecule has 0 saturated heterocycles. The summed E-state index contributed by atoms with van der Waals surface area (Å²) in [6.45, 7) is 1.51. The van der Waals surface area contributed by atoms with Gasteiger partial charge in [-0.05, 0) is 12.5 Å². The minimum atomic E-state index is -2.20. The molecule has 0 aliphatic heterocycles. The molecule has 0 amide bonds. The third-order valence-corrected chi connectivity index (χ3v) is 3.81. The predicted octanol–water partition coefficient (Wildman–Crippen LogP) is -1.87. The highest BCUT2D eigenvalue weighted by Gasteiger charge is 2.35. The monoisotopic (exact) mass is 394 g/mol. The van der Waals surface area contributed by atoms with Gasteiger partial charge in [0.1, 0.15) is 24.6 Å². The maximum absolute atomic E-state index is 11.9. The van der Waals surface area contributed by atoms with Gasteiger partial charge in [0.05, 0.1) is 6.61 Å². The summed E-state index contributed by atoms with van der Waals surface area (Å²) in [6.07, 6.45) is -6.90. The lowest BCUT2D eigenvalue weighted by Gasteiger charge is -2.24. The van der Waals surface area contributed by atoms with E-state index in [1.165, 1.54) is 0 Å². The van der Waals surface area contributed by atoms with Gasteiger partial charge in [0, 0.05) is 6.54 Å². The summed E-state index contributed by atoms with van der Waals surface area (Å²) in [4.78, 5) is 23.3. The van der Waals surface area contributed by atoms with Gasteiger partial charge in [0.2, 0.25) is 5.95 Å². The number of aliphatic hydroxyl groups is 5. The molecule has 11 nitrogen and oxygen atoms in total. The Hall–Kier alpha value is -2.70. The number of carbonyl (C=O) groups excluding carboxylic acids is 1. The van der Waals surface area contributed by atoms with Crippen LogP contribution in [0.4, 0.5) is 5.95 Å². The Balaban J connectivity index is 1.95. The lowest BCUT2D eigenvalue weighted by molar-refractivity contribution is -0.162. The van der Waals surface area contributed by atoms with Crippen molar-refractivity contribution >= 4 is 11.9 Å². The third kappa shape index (κ3) is 5.90. The predicted molar refractivity (Wildman–Crippen MR) is 95.1 cm³/mol. The van der Waals surface area contributed by atoms with Gasteiger partial charge in [-0.2, -0.15) is 9.97 Å². The van der Waals surface area contributed by atoms with Crippen LogP contribution in [0.1, 0.15) is 11.1 Å². The lowest BCUT2D eigenvalue weighted by atomic mass is 10.0. The SMILES string of the molecule is Cc1ccc(CNc2ncnc(OC(=O)C(O)C(O)C(O)C(O)CO)n2)cc1. The van der Waals surface area contributed by atoms with Crippen LogP contribution in [-0.4, -0.2) is 77.5 Å². The summed E-state index contributed by atoms with van der Waals surface area (Å²) in [5.74, 6) is -1.24. The molecule has 4 atom stereocenters. The smallest absolute Gasteiger partial charge is 0.345 e. The fraction of sp³-hybridized carbons (Fsp3) is 0.412. The molecule has 0 saturated carbocycles. The van der Waals surface area contributed by atoms with E-state index in [1.807, 2.05) is 31.2 Å². The number of nitrogens with one attached hydrogen (secondary N) is 1. The molecule has 0 fully saturated rings. The Bertz CT molecular complexity index is 774. The second-order valence-electron chi connectivity index (χ2n) is 6.03. The van der Waals surface area contributed by atoms with Crippen molar-refractivity contribution in [2.45, 2.75) is 37.9 Å². The number of nitrogens with zero attached hydrogens (tertiary/aromatic N) is 3. The molecule has 2 aromatic rings. The van der Waals surface area contributed by atoms with Gasteiger partial charge in [-0.3, -0.25) is 0 Å². The number of ether oxygens (including phenoxy) is 1. The number of rotatable bonds is 9. The molecule has 0 aliphatic carbocycles. The molecule has 0 bridgehead atoms. The number of benzene rings is 1. The van der Waals surface area contributed by atoms with Gasteiger partial charge in [-0.15, -0.1) is 0 Å². The van der Waals surface area contributed by atoms with Crippen LogP contribution in [0, 0.1) is 6.92 Å². The van der Waals surface area contributed by atoms with Gasteiger partial charge in [0.15, 0.2) is 6.10 Å². The highest BCUT2D eigenvalue weighted by molar-refractivity contribution is 5.77. The molecule has 6 N–H and O–H groups in total. The number of hydrogen-bond acceptors (Lipinski definition) is 11. The maximum atomic E-state index is 11.9. The number of hydrogen-bond donors (Lipinski definition) is 6. The van der Waals surface area contributed by atoms with Crippen LogP contribution in [0.15, 0.2) is 30.6 Å². The van der Waals surface area contributed by atoms with Gasteiger partial charge in [0.25, 0.3) is 0 Å². The van der Waals surface area contributed by atoms with Crippen LogP contribution in [0.5, 0.6) is 6.01 Å². The van der Waals surface area contributed by atoms with Crippen molar-refractivity contribution in [2.24, 2.45) is 0 Å². The first-order valence-corrected chi connectivity index (χ1v) is 8.35. The van der Waals surface area contributed by atoms with Crippen molar-refractivity contribution in [3.05, 3.63) is 41.7 Å². The Morgan fingerprint density at radius 2 is 1.79 bits per heavy atom. The normalized spacial score (nSPS) is 15.4. The molecule has 0 aliphatic rings. The van der Waals surface area contributed by atoms with E-state index < -0.39 is 43.0 Å². The number of carbonyl (C=O) groups is 1. The maximum Gasteiger partial charge on any atom is 0.345 e. The van der Waals surface area contributed by atoms with E-state index in [9.17, 15) is 25.2 Å². The molecule has 1 heterocycles. The van der Waals surface area contributed by atoms with Crippen molar-refractivity contribution in [1.29, 1.82) is 0 Å². The topological polar surface area (TPSA) is 178 Å². The summed E-state index contributed by atoms with van der Waals surface area (Å²) < 4.78 is 4.76. The molecule has 4 unspecified atom stereocenters. The van der Waals surface area contributed by atoms with Gasteiger partial charge < -0.3 is 35.6 Å². The molecule has 1 aromatic heterocycles. The molecule has 152 valence electrons. The summed E-state index contributed by atoms with van der Waals surface area (Å²) in [5.41, 5.74) is 2.09. The molecule has 2 rings (SSSR count). The Morgan fingerprint density at radius 1 is 1.11 bits per heavy atom. The second-order valence-corrected chi connectivity index (χ2v) is 6.03. The van der Waals surface area contributed by atoms with Crippen LogP contribution in [-0.2, 0) is 11.3 Å². The molecule has 0 spiro atoms. The fourth-order valence-electron chi connectivity index (χ4n) is 2.11. The van der Waals surface area contributed by atoms with E-state index in [2.05, 4.69) is 20.3 Å².